The van der Waals surface area contributed by atoms with E-state index in [0.29, 0.717) is 0 Å². The quantitative estimate of drug-likeness (QED) is 0.631. The summed E-state index contributed by atoms with van der Waals surface area (Å²) < 4.78 is 0. The normalized spacial score (nSPS) is 52.4. The second-order valence-corrected chi connectivity index (χ2v) is 6.72. The van der Waals surface area contributed by atoms with Crippen LogP contribution < -0.4 is 0 Å². The van der Waals surface area contributed by atoms with Crippen molar-refractivity contribution in [3.63, 3.8) is 0 Å². The summed E-state index contributed by atoms with van der Waals surface area (Å²) in [5.74, 6) is 4.52. The van der Waals surface area contributed by atoms with E-state index >= 15 is 0 Å². The molecular weight excluding hydrogens is 180 g/mol. The fourth-order valence-electron chi connectivity index (χ4n) is 5.72. The molecule has 3 atom stereocenters. The molecule has 4 aliphatic carbocycles. The third-order valence-corrected chi connectivity index (χ3v) is 5.99. The Bertz CT molecular complexity index is 228. The van der Waals surface area contributed by atoms with E-state index in [1.807, 2.05) is 0 Å². The van der Waals surface area contributed by atoms with Gasteiger partial charge in [-0.2, -0.15) is 0 Å². The molecule has 0 heteroatoms. The molecule has 0 heterocycles. The molecule has 4 aliphatic rings. The molecular formula is C15H26. The Morgan fingerprint density at radius 1 is 1.00 bits per heavy atom. The van der Waals surface area contributed by atoms with Crippen LogP contribution in [0.3, 0.4) is 0 Å². The van der Waals surface area contributed by atoms with Gasteiger partial charge >= 0.3 is 0 Å². The van der Waals surface area contributed by atoms with Gasteiger partial charge in [0, 0.05) is 0 Å². The third-order valence-electron chi connectivity index (χ3n) is 5.99. The van der Waals surface area contributed by atoms with E-state index in [0.717, 1.165) is 29.1 Å². The fourth-order valence-corrected chi connectivity index (χ4v) is 5.72. The van der Waals surface area contributed by atoms with E-state index in [1.165, 1.54) is 19.3 Å². The summed E-state index contributed by atoms with van der Waals surface area (Å²) in [4.78, 5) is 0. The highest BCUT2D eigenvalue weighted by atomic mass is 14.6. The summed E-state index contributed by atoms with van der Waals surface area (Å²) in [6.07, 6.45) is 12.4. The van der Waals surface area contributed by atoms with E-state index in [-0.39, 0.29) is 0 Å². The van der Waals surface area contributed by atoms with Gasteiger partial charge in [0.05, 0.1) is 0 Å². The lowest BCUT2D eigenvalue weighted by atomic mass is 9.44. The van der Waals surface area contributed by atoms with E-state index in [4.69, 9.17) is 0 Å². The molecule has 15 heavy (non-hydrogen) atoms. The molecule has 0 N–H and O–H groups in total. The lowest BCUT2D eigenvalue weighted by molar-refractivity contribution is -0.114. The van der Waals surface area contributed by atoms with Gasteiger partial charge in [-0.15, -0.1) is 0 Å². The molecule has 0 nitrogen and oxygen atoms in total. The minimum absolute atomic E-state index is 0.810. The highest BCUT2D eigenvalue weighted by Crippen LogP contribution is 2.65. The highest BCUT2D eigenvalue weighted by Gasteiger charge is 2.55. The summed E-state index contributed by atoms with van der Waals surface area (Å²) in [6, 6.07) is 0. The van der Waals surface area contributed by atoms with Gasteiger partial charge in [-0.3, -0.25) is 0 Å². The second kappa shape index (κ2) is 3.50. The molecule has 4 bridgehead atoms. The van der Waals surface area contributed by atoms with Crippen molar-refractivity contribution in [3.05, 3.63) is 0 Å². The SMILES string of the molecule is CCCC1C2CC3CC(C2)CC1(CC)C3. The van der Waals surface area contributed by atoms with Crippen molar-refractivity contribution in [1.29, 1.82) is 0 Å². The van der Waals surface area contributed by atoms with Crippen LogP contribution in [-0.2, 0) is 0 Å². The highest BCUT2D eigenvalue weighted by molar-refractivity contribution is 5.05. The number of hydrogen-bond acceptors (Lipinski definition) is 0. The van der Waals surface area contributed by atoms with Gasteiger partial charge in [0.25, 0.3) is 0 Å². The van der Waals surface area contributed by atoms with Gasteiger partial charge in [0.15, 0.2) is 0 Å². The molecule has 86 valence electrons. The van der Waals surface area contributed by atoms with Crippen LogP contribution in [0.1, 0.15) is 65.2 Å². The number of rotatable bonds is 3. The zero-order valence-electron chi connectivity index (χ0n) is 10.5. The Kier molecular flexibility index (Phi) is 2.37. The van der Waals surface area contributed by atoms with E-state index in [9.17, 15) is 0 Å². The van der Waals surface area contributed by atoms with E-state index < -0.39 is 0 Å². The molecule has 0 aromatic rings. The molecule has 0 spiro atoms. The average molecular weight is 206 g/mol. The van der Waals surface area contributed by atoms with Gasteiger partial charge in [0.2, 0.25) is 0 Å². The number of hydrogen-bond donors (Lipinski definition) is 0. The maximum Gasteiger partial charge on any atom is -0.0264 e. The zero-order valence-corrected chi connectivity index (χ0v) is 10.5. The summed E-state index contributed by atoms with van der Waals surface area (Å²) in [6.45, 7) is 4.85. The van der Waals surface area contributed by atoms with E-state index in [2.05, 4.69) is 13.8 Å². The van der Waals surface area contributed by atoms with Crippen LogP contribution in [0.2, 0.25) is 0 Å². The van der Waals surface area contributed by atoms with Crippen molar-refractivity contribution < 1.29 is 0 Å². The molecule has 4 saturated carbocycles. The first kappa shape index (κ1) is 10.2. The van der Waals surface area contributed by atoms with Crippen LogP contribution in [-0.4, -0.2) is 0 Å². The monoisotopic (exact) mass is 206 g/mol. The molecule has 0 aromatic carbocycles. The smallest absolute Gasteiger partial charge is 0.0264 e. The van der Waals surface area contributed by atoms with Gasteiger partial charge in [-0.05, 0) is 67.6 Å². The van der Waals surface area contributed by atoms with Crippen molar-refractivity contribution in [2.75, 3.05) is 0 Å². The fraction of sp³-hybridized carbons (Fsp3) is 1.00. The molecule has 0 aliphatic heterocycles. The minimum atomic E-state index is 0.810. The zero-order chi connectivity index (χ0) is 10.5. The molecule has 0 radical (unpaired) electrons. The van der Waals surface area contributed by atoms with Crippen LogP contribution >= 0.6 is 0 Å². The second-order valence-electron chi connectivity index (χ2n) is 6.72. The van der Waals surface area contributed by atoms with E-state index in [1.54, 1.807) is 32.1 Å². The molecule has 3 unspecified atom stereocenters. The summed E-state index contributed by atoms with van der Waals surface area (Å²) in [5.41, 5.74) is 0.810. The molecule has 0 saturated heterocycles. The maximum atomic E-state index is 2.47. The van der Waals surface area contributed by atoms with Gasteiger partial charge < -0.3 is 0 Å². The van der Waals surface area contributed by atoms with Crippen molar-refractivity contribution >= 4 is 0 Å². The van der Waals surface area contributed by atoms with Crippen molar-refractivity contribution in [2.24, 2.45) is 29.1 Å². The molecule has 0 aromatic heterocycles. The summed E-state index contributed by atoms with van der Waals surface area (Å²) in [5, 5.41) is 0. The Hall–Kier alpha value is 0. The lowest BCUT2D eigenvalue weighted by Gasteiger charge is -2.61. The van der Waals surface area contributed by atoms with Crippen molar-refractivity contribution in [1.82, 2.24) is 0 Å². The van der Waals surface area contributed by atoms with Gasteiger partial charge in [-0.25, -0.2) is 0 Å². The predicted molar refractivity (Wildman–Crippen MR) is 64.7 cm³/mol. The summed E-state index contributed by atoms with van der Waals surface area (Å²) >= 11 is 0. The maximum absolute atomic E-state index is 2.47. The van der Waals surface area contributed by atoms with Gasteiger partial charge in [-0.1, -0.05) is 26.7 Å². The topological polar surface area (TPSA) is 0 Å². The Balaban J connectivity index is 1.88. The third kappa shape index (κ3) is 1.40. The average Bonchev–Trinajstić information content (AvgIpc) is 2.22. The van der Waals surface area contributed by atoms with Crippen LogP contribution in [0, 0.1) is 29.1 Å². The van der Waals surface area contributed by atoms with Gasteiger partial charge in [0.1, 0.15) is 0 Å². The first-order chi connectivity index (χ1) is 7.27. The molecule has 4 fully saturated rings. The Labute approximate surface area is 94.8 Å². The van der Waals surface area contributed by atoms with Crippen LogP contribution in [0.15, 0.2) is 0 Å². The van der Waals surface area contributed by atoms with Crippen LogP contribution in [0.5, 0.6) is 0 Å². The van der Waals surface area contributed by atoms with Crippen LogP contribution in [0.25, 0.3) is 0 Å². The standard InChI is InChI=1S/C15H26/c1-3-5-14-13-7-11-6-12(8-13)10-15(14,4-2)9-11/h11-14H,3-10H2,1-2H3. The first-order valence-corrected chi connectivity index (χ1v) is 7.27. The predicted octanol–water partition coefficient (Wildman–Crippen LogP) is 4.64. The van der Waals surface area contributed by atoms with Crippen molar-refractivity contribution in [3.8, 4) is 0 Å². The minimum Gasteiger partial charge on any atom is -0.0654 e. The Morgan fingerprint density at radius 3 is 2.20 bits per heavy atom. The molecule has 4 rings (SSSR count). The Morgan fingerprint density at radius 2 is 1.67 bits per heavy atom. The first-order valence-electron chi connectivity index (χ1n) is 7.27. The lowest BCUT2D eigenvalue weighted by Crippen LogP contribution is -2.52. The van der Waals surface area contributed by atoms with Crippen molar-refractivity contribution in [2.45, 2.75) is 65.2 Å². The molecule has 0 amide bonds. The largest absolute Gasteiger partial charge is 0.0654 e. The van der Waals surface area contributed by atoms with Crippen LogP contribution in [0.4, 0.5) is 0 Å². The summed E-state index contributed by atoms with van der Waals surface area (Å²) in [7, 11) is 0.